The molecule has 1 saturated heterocycles. The summed E-state index contributed by atoms with van der Waals surface area (Å²) in [6, 6.07) is 21.0. The van der Waals surface area contributed by atoms with E-state index in [-0.39, 0.29) is 22.5 Å². The number of imidazole rings is 1. The van der Waals surface area contributed by atoms with Crippen LogP contribution in [0.2, 0.25) is 5.02 Å². The number of carboxylic acid groups (broad SMARTS) is 1. The third-order valence-electron chi connectivity index (χ3n) is 8.24. The summed E-state index contributed by atoms with van der Waals surface area (Å²) in [4.78, 5) is 21.1. The van der Waals surface area contributed by atoms with Crippen molar-refractivity contribution in [3.05, 3.63) is 111 Å². The lowest BCUT2D eigenvalue weighted by atomic mass is 9.87. The number of nitrogens with zero attached hydrogens (tertiary/aromatic N) is 4. The summed E-state index contributed by atoms with van der Waals surface area (Å²) >= 11 is 6.88. The molecule has 3 heterocycles. The Morgan fingerprint density at radius 1 is 1.18 bits per heavy atom. The zero-order valence-corrected chi connectivity index (χ0v) is 25.7. The van der Waals surface area contributed by atoms with Gasteiger partial charge in [0.1, 0.15) is 17.9 Å². The quantitative estimate of drug-likeness (QED) is 0.190. The molecule has 1 fully saturated rings. The van der Waals surface area contributed by atoms with Gasteiger partial charge in [-0.25, -0.2) is 19.2 Å². The van der Waals surface area contributed by atoms with Crippen LogP contribution in [-0.4, -0.2) is 38.8 Å². The summed E-state index contributed by atoms with van der Waals surface area (Å²) in [5.41, 5.74) is 4.85. The SMILES string of the molecule is Cc1cc(Cc2nc3c(F)cc(C(=O)O)cc3n2C2COCC2(C)C)c(Cl)cc1-c1cccc(OCc2ccc(C#N)cc2)n1. The van der Waals surface area contributed by atoms with Gasteiger partial charge < -0.3 is 19.1 Å². The fourth-order valence-electron chi connectivity index (χ4n) is 5.78. The number of nitriles is 1. The van der Waals surface area contributed by atoms with Crippen LogP contribution >= 0.6 is 11.6 Å². The lowest BCUT2D eigenvalue weighted by molar-refractivity contribution is 0.0696. The maximum atomic E-state index is 15.2. The highest BCUT2D eigenvalue weighted by Crippen LogP contribution is 2.41. The first-order valence-electron chi connectivity index (χ1n) is 14.4. The summed E-state index contributed by atoms with van der Waals surface area (Å²) in [5.74, 6) is -0.875. The fraction of sp³-hybridized carbons (Fsp3) is 0.257. The Kier molecular flexibility index (Phi) is 8.04. The largest absolute Gasteiger partial charge is 0.478 e. The van der Waals surface area contributed by atoms with Gasteiger partial charge in [-0.2, -0.15) is 5.26 Å². The van der Waals surface area contributed by atoms with E-state index < -0.39 is 11.8 Å². The highest BCUT2D eigenvalue weighted by atomic mass is 35.5. The molecule has 1 aliphatic heterocycles. The maximum absolute atomic E-state index is 15.2. The zero-order valence-electron chi connectivity index (χ0n) is 25.0. The first-order chi connectivity index (χ1) is 21.5. The Labute approximate surface area is 264 Å². The van der Waals surface area contributed by atoms with Gasteiger partial charge in [-0.3, -0.25) is 0 Å². The van der Waals surface area contributed by atoms with Gasteiger partial charge in [-0.05, 0) is 60.0 Å². The van der Waals surface area contributed by atoms with Gasteiger partial charge in [0.05, 0.1) is 47.7 Å². The molecule has 0 amide bonds. The minimum absolute atomic E-state index is 0.115. The monoisotopic (exact) mass is 624 g/mol. The van der Waals surface area contributed by atoms with E-state index in [2.05, 4.69) is 24.9 Å². The van der Waals surface area contributed by atoms with Crippen LogP contribution in [0, 0.1) is 29.5 Å². The molecule has 3 aromatic carbocycles. The average Bonchev–Trinajstić information content (AvgIpc) is 3.56. The lowest BCUT2D eigenvalue weighted by Gasteiger charge is -2.28. The number of aromatic nitrogens is 3. The molecule has 1 atom stereocenters. The number of aryl methyl sites for hydroxylation is 1. The van der Waals surface area contributed by atoms with Crippen molar-refractivity contribution >= 4 is 28.6 Å². The second kappa shape index (κ2) is 12.0. The van der Waals surface area contributed by atoms with Crippen molar-refractivity contribution in [3.63, 3.8) is 0 Å². The van der Waals surface area contributed by atoms with Crippen LogP contribution in [0.25, 0.3) is 22.3 Å². The molecule has 1 aliphatic rings. The van der Waals surface area contributed by atoms with Crippen molar-refractivity contribution in [1.82, 2.24) is 14.5 Å². The summed E-state index contributed by atoms with van der Waals surface area (Å²) in [6.45, 7) is 7.31. The van der Waals surface area contributed by atoms with Gasteiger partial charge in [0.2, 0.25) is 5.88 Å². The van der Waals surface area contributed by atoms with Crippen molar-refractivity contribution in [1.29, 1.82) is 5.26 Å². The van der Waals surface area contributed by atoms with Gasteiger partial charge in [0.25, 0.3) is 0 Å². The molecule has 0 spiro atoms. The number of fused-ring (bicyclic) bond motifs is 1. The Hall–Kier alpha value is -4.78. The van der Waals surface area contributed by atoms with Gasteiger partial charge in [-0.15, -0.1) is 0 Å². The minimum atomic E-state index is -1.21. The molecule has 228 valence electrons. The number of halogens is 2. The molecule has 8 nitrogen and oxygen atoms in total. The van der Waals surface area contributed by atoms with Crippen LogP contribution in [0.4, 0.5) is 4.39 Å². The number of aromatic carboxylic acids is 1. The first kappa shape index (κ1) is 30.3. The number of hydrogen-bond acceptors (Lipinski definition) is 6. The van der Waals surface area contributed by atoms with Gasteiger partial charge >= 0.3 is 5.97 Å². The molecule has 0 saturated carbocycles. The number of carbonyl (C=O) groups is 1. The Bertz CT molecular complexity index is 1980. The van der Waals surface area contributed by atoms with Gasteiger partial charge in [0, 0.05) is 28.5 Å². The number of carboxylic acids is 1. The highest BCUT2D eigenvalue weighted by molar-refractivity contribution is 6.31. The second-order valence-corrected chi connectivity index (χ2v) is 12.3. The van der Waals surface area contributed by atoms with Crippen molar-refractivity contribution in [3.8, 4) is 23.2 Å². The van der Waals surface area contributed by atoms with E-state index in [9.17, 15) is 9.90 Å². The van der Waals surface area contributed by atoms with Crippen LogP contribution < -0.4 is 4.74 Å². The van der Waals surface area contributed by atoms with Crippen LogP contribution in [0.1, 0.15) is 58.3 Å². The smallest absolute Gasteiger partial charge is 0.335 e. The normalized spacial score (nSPS) is 15.7. The summed E-state index contributed by atoms with van der Waals surface area (Å²) < 4.78 is 28.9. The molecular formula is C35H30ClFN4O4. The molecule has 10 heteroatoms. The van der Waals surface area contributed by atoms with E-state index >= 15 is 4.39 Å². The molecular weight excluding hydrogens is 595 g/mol. The van der Waals surface area contributed by atoms with E-state index in [4.69, 9.17) is 31.3 Å². The van der Waals surface area contributed by atoms with E-state index in [1.165, 1.54) is 6.07 Å². The van der Waals surface area contributed by atoms with E-state index in [1.54, 1.807) is 18.2 Å². The number of pyridine rings is 1. The molecule has 0 aliphatic carbocycles. The first-order valence-corrected chi connectivity index (χ1v) is 14.8. The molecule has 1 N–H and O–H groups in total. The Morgan fingerprint density at radius 3 is 2.64 bits per heavy atom. The Balaban J connectivity index is 1.32. The topological polar surface area (TPSA) is 110 Å². The molecule has 1 unspecified atom stereocenters. The molecule has 0 bridgehead atoms. The highest BCUT2D eigenvalue weighted by Gasteiger charge is 2.39. The third kappa shape index (κ3) is 5.99. The van der Waals surface area contributed by atoms with Crippen molar-refractivity contribution in [2.45, 2.75) is 39.8 Å². The summed E-state index contributed by atoms with van der Waals surface area (Å²) in [5, 5.41) is 19.1. The number of hydrogen-bond donors (Lipinski definition) is 1. The van der Waals surface area contributed by atoms with E-state index in [0.717, 1.165) is 28.3 Å². The zero-order chi connectivity index (χ0) is 31.9. The summed E-state index contributed by atoms with van der Waals surface area (Å²) in [7, 11) is 0. The van der Waals surface area contributed by atoms with Crippen LogP contribution in [-0.2, 0) is 17.8 Å². The van der Waals surface area contributed by atoms with Gasteiger partial charge in [-0.1, -0.05) is 49.7 Å². The fourth-order valence-corrected chi connectivity index (χ4v) is 6.01. The number of benzene rings is 3. The minimum Gasteiger partial charge on any atom is -0.478 e. The molecule has 5 aromatic rings. The summed E-state index contributed by atoms with van der Waals surface area (Å²) in [6.07, 6.45) is 0.296. The standard InChI is InChI=1S/C35H30ClFN4O4/c1-20-11-23(26(36)15-25(20)28-5-4-6-32(39-28)45-17-22-9-7-21(16-38)8-10-22)14-31-40-33-27(37)12-24(34(42)43)13-29(33)41(31)30-18-44-19-35(30,2)3/h4-13,15,30H,14,17-19H2,1-3H3,(H,42,43). The number of ether oxygens (including phenoxy) is 2. The Morgan fingerprint density at radius 2 is 1.96 bits per heavy atom. The molecule has 6 rings (SSSR count). The van der Waals surface area contributed by atoms with Crippen molar-refractivity contribution in [2.75, 3.05) is 13.2 Å². The molecule has 45 heavy (non-hydrogen) atoms. The number of rotatable bonds is 8. The maximum Gasteiger partial charge on any atom is 0.335 e. The second-order valence-electron chi connectivity index (χ2n) is 11.9. The van der Waals surface area contributed by atoms with Crippen LogP contribution in [0.15, 0.2) is 66.7 Å². The predicted octanol–water partition coefficient (Wildman–Crippen LogP) is 7.54. The van der Waals surface area contributed by atoms with Crippen molar-refractivity contribution < 1.29 is 23.8 Å². The van der Waals surface area contributed by atoms with E-state index in [1.807, 2.05) is 47.9 Å². The van der Waals surface area contributed by atoms with Gasteiger partial charge in [0.15, 0.2) is 5.82 Å². The van der Waals surface area contributed by atoms with E-state index in [0.29, 0.717) is 59.7 Å². The molecule has 0 radical (unpaired) electrons. The van der Waals surface area contributed by atoms with Crippen molar-refractivity contribution in [2.24, 2.45) is 5.41 Å². The lowest BCUT2D eigenvalue weighted by Crippen LogP contribution is -2.27. The van der Waals surface area contributed by atoms with Crippen LogP contribution in [0.3, 0.4) is 0 Å². The van der Waals surface area contributed by atoms with Crippen LogP contribution in [0.5, 0.6) is 5.88 Å². The third-order valence-corrected chi connectivity index (χ3v) is 8.60. The average molecular weight is 625 g/mol. The predicted molar refractivity (Wildman–Crippen MR) is 168 cm³/mol. The molecule has 2 aromatic heterocycles.